The molecule has 0 spiro atoms. The van der Waals surface area contributed by atoms with E-state index in [0.717, 1.165) is 6.07 Å². The first kappa shape index (κ1) is 18.4. The standard InChI is InChI=1S/C14H21ClFNO3S/c1-9(14(2,3)4)7-17-21(19,20)12-6-11(15)5-10(8-18)13(12)16/h5-6,9,17-18H,7-8H2,1-4H3. The van der Waals surface area contributed by atoms with Gasteiger partial charge in [-0.05, 0) is 23.5 Å². The molecule has 0 aliphatic rings. The van der Waals surface area contributed by atoms with Gasteiger partial charge in [-0.15, -0.1) is 0 Å². The minimum absolute atomic E-state index is 0.0599. The zero-order valence-corrected chi connectivity index (χ0v) is 14.1. The summed E-state index contributed by atoms with van der Waals surface area (Å²) >= 11 is 5.77. The van der Waals surface area contributed by atoms with Crippen molar-refractivity contribution in [2.45, 2.75) is 39.2 Å². The molecule has 0 bridgehead atoms. The number of halogens is 2. The minimum atomic E-state index is -4.02. The molecule has 0 saturated heterocycles. The van der Waals surface area contributed by atoms with Crippen molar-refractivity contribution in [1.29, 1.82) is 0 Å². The van der Waals surface area contributed by atoms with E-state index >= 15 is 0 Å². The molecule has 1 atom stereocenters. The third kappa shape index (κ3) is 4.64. The van der Waals surface area contributed by atoms with Crippen LogP contribution >= 0.6 is 11.6 Å². The third-order valence-corrected chi connectivity index (χ3v) is 5.24. The first-order valence-corrected chi connectivity index (χ1v) is 8.43. The summed E-state index contributed by atoms with van der Waals surface area (Å²) in [6, 6.07) is 2.24. The molecule has 7 heteroatoms. The topological polar surface area (TPSA) is 66.4 Å². The van der Waals surface area contributed by atoms with E-state index in [0.29, 0.717) is 0 Å². The van der Waals surface area contributed by atoms with E-state index in [1.54, 1.807) is 0 Å². The fraction of sp³-hybridized carbons (Fsp3) is 0.571. The Labute approximate surface area is 130 Å². The summed E-state index contributed by atoms with van der Waals surface area (Å²) in [7, 11) is -4.02. The SMILES string of the molecule is CC(CNS(=O)(=O)c1cc(Cl)cc(CO)c1F)C(C)(C)C. The molecule has 0 aromatic heterocycles. The van der Waals surface area contributed by atoms with Gasteiger partial charge in [-0.3, -0.25) is 0 Å². The average Bonchev–Trinajstić information content (AvgIpc) is 2.36. The van der Waals surface area contributed by atoms with Crippen molar-refractivity contribution in [3.05, 3.63) is 28.5 Å². The maximum Gasteiger partial charge on any atom is 0.243 e. The van der Waals surface area contributed by atoms with E-state index in [2.05, 4.69) is 4.72 Å². The smallest absolute Gasteiger partial charge is 0.243 e. The maximum absolute atomic E-state index is 14.1. The Morgan fingerprint density at radius 2 is 1.95 bits per heavy atom. The number of benzene rings is 1. The second kappa shape index (κ2) is 6.60. The summed E-state index contributed by atoms with van der Waals surface area (Å²) < 4.78 is 40.9. The molecular weight excluding hydrogens is 317 g/mol. The van der Waals surface area contributed by atoms with E-state index in [-0.39, 0.29) is 28.5 Å². The summed E-state index contributed by atoms with van der Waals surface area (Å²) in [6.07, 6.45) is 0. The van der Waals surface area contributed by atoms with Crippen LogP contribution in [0.25, 0.3) is 0 Å². The number of hydrogen-bond acceptors (Lipinski definition) is 3. The van der Waals surface area contributed by atoms with Crippen molar-refractivity contribution >= 4 is 21.6 Å². The van der Waals surface area contributed by atoms with E-state index in [4.69, 9.17) is 16.7 Å². The zero-order chi connectivity index (χ0) is 16.4. The van der Waals surface area contributed by atoms with Gasteiger partial charge >= 0.3 is 0 Å². The molecule has 1 rings (SSSR count). The molecule has 1 aromatic rings. The van der Waals surface area contributed by atoms with Crippen LogP contribution < -0.4 is 4.72 Å². The highest BCUT2D eigenvalue weighted by Gasteiger charge is 2.25. The van der Waals surface area contributed by atoms with E-state index in [1.165, 1.54) is 6.07 Å². The number of aliphatic hydroxyl groups is 1. The predicted octanol–water partition coefficient (Wildman–Crippen LogP) is 2.93. The van der Waals surface area contributed by atoms with Crippen molar-refractivity contribution in [3.8, 4) is 0 Å². The van der Waals surface area contributed by atoms with Crippen molar-refractivity contribution < 1.29 is 17.9 Å². The molecule has 0 fully saturated rings. The summed E-state index contributed by atoms with van der Waals surface area (Å²) in [5.41, 5.74) is -0.224. The molecule has 0 saturated carbocycles. The fourth-order valence-electron chi connectivity index (χ4n) is 1.55. The quantitative estimate of drug-likeness (QED) is 0.868. The Hall–Kier alpha value is -0.690. The molecule has 0 amide bonds. The number of hydrogen-bond donors (Lipinski definition) is 2. The van der Waals surface area contributed by atoms with Crippen LogP contribution in [-0.2, 0) is 16.6 Å². The van der Waals surface area contributed by atoms with Gasteiger partial charge in [0, 0.05) is 17.1 Å². The molecule has 1 aromatic carbocycles. The number of sulfonamides is 1. The van der Waals surface area contributed by atoms with Gasteiger partial charge in [-0.25, -0.2) is 17.5 Å². The Morgan fingerprint density at radius 1 is 1.38 bits per heavy atom. The molecule has 120 valence electrons. The predicted molar refractivity (Wildman–Crippen MR) is 81.1 cm³/mol. The maximum atomic E-state index is 14.1. The number of aliphatic hydroxyl groups excluding tert-OH is 1. The average molecular weight is 338 g/mol. The molecular formula is C14H21ClFNO3S. The van der Waals surface area contributed by atoms with Crippen LogP contribution in [0.2, 0.25) is 5.02 Å². The van der Waals surface area contributed by atoms with Crippen LogP contribution in [0.1, 0.15) is 33.3 Å². The van der Waals surface area contributed by atoms with Gasteiger partial charge in [0.1, 0.15) is 10.7 Å². The van der Waals surface area contributed by atoms with Crippen LogP contribution in [0, 0.1) is 17.2 Å². The first-order chi connectivity index (χ1) is 9.49. The zero-order valence-electron chi connectivity index (χ0n) is 12.6. The van der Waals surface area contributed by atoms with Crippen LogP contribution in [0.15, 0.2) is 17.0 Å². The normalized spacial score (nSPS) is 14.2. The summed E-state index contributed by atoms with van der Waals surface area (Å²) in [4.78, 5) is -0.542. The lowest BCUT2D eigenvalue weighted by Crippen LogP contribution is -2.34. The first-order valence-electron chi connectivity index (χ1n) is 6.57. The molecule has 2 N–H and O–H groups in total. The number of rotatable bonds is 5. The van der Waals surface area contributed by atoms with Gasteiger partial charge in [0.15, 0.2) is 0 Å². The Balaban J connectivity index is 3.07. The van der Waals surface area contributed by atoms with Crippen LogP contribution in [0.3, 0.4) is 0 Å². The molecule has 0 heterocycles. The fourth-order valence-corrected chi connectivity index (χ4v) is 3.13. The molecule has 4 nitrogen and oxygen atoms in total. The molecule has 1 unspecified atom stereocenters. The van der Waals surface area contributed by atoms with Crippen molar-refractivity contribution in [3.63, 3.8) is 0 Å². The van der Waals surface area contributed by atoms with Gasteiger partial charge in [0.2, 0.25) is 10.0 Å². The monoisotopic (exact) mass is 337 g/mol. The van der Waals surface area contributed by atoms with E-state index in [9.17, 15) is 12.8 Å². The van der Waals surface area contributed by atoms with Gasteiger partial charge in [-0.1, -0.05) is 39.3 Å². The van der Waals surface area contributed by atoms with Gasteiger partial charge < -0.3 is 5.11 Å². The van der Waals surface area contributed by atoms with Gasteiger partial charge in [0.05, 0.1) is 6.61 Å². The molecule has 0 aliphatic carbocycles. The Morgan fingerprint density at radius 3 is 2.43 bits per heavy atom. The van der Waals surface area contributed by atoms with Crippen molar-refractivity contribution in [1.82, 2.24) is 4.72 Å². The second-order valence-corrected chi connectivity index (χ2v) is 8.33. The van der Waals surface area contributed by atoms with E-state index < -0.39 is 27.3 Å². The Kier molecular flexibility index (Phi) is 5.77. The van der Waals surface area contributed by atoms with Gasteiger partial charge in [0.25, 0.3) is 0 Å². The Bertz CT molecular complexity index is 611. The van der Waals surface area contributed by atoms with Crippen LogP contribution in [0.4, 0.5) is 4.39 Å². The van der Waals surface area contributed by atoms with Crippen LogP contribution in [0.5, 0.6) is 0 Å². The summed E-state index contributed by atoms with van der Waals surface area (Å²) in [5, 5.41) is 9.10. The summed E-state index contributed by atoms with van der Waals surface area (Å²) in [6.45, 7) is 7.47. The van der Waals surface area contributed by atoms with Gasteiger partial charge in [-0.2, -0.15) is 0 Å². The second-order valence-electron chi connectivity index (χ2n) is 6.15. The lowest BCUT2D eigenvalue weighted by atomic mass is 9.82. The lowest BCUT2D eigenvalue weighted by Gasteiger charge is -2.27. The molecule has 0 radical (unpaired) electrons. The highest BCUT2D eigenvalue weighted by Crippen LogP contribution is 2.26. The summed E-state index contributed by atoms with van der Waals surface area (Å²) in [5.74, 6) is -0.912. The lowest BCUT2D eigenvalue weighted by molar-refractivity contribution is 0.263. The number of nitrogens with one attached hydrogen (secondary N) is 1. The van der Waals surface area contributed by atoms with Crippen LogP contribution in [-0.4, -0.2) is 20.1 Å². The molecule has 21 heavy (non-hydrogen) atoms. The van der Waals surface area contributed by atoms with E-state index in [1.807, 2.05) is 27.7 Å². The third-order valence-electron chi connectivity index (χ3n) is 3.60. The minimum Gasteiger partial charge on any atom is -0.392 e. The highest BCUT2D eigenvalue weighted by atomic mass is 35.5. The molecule has 0 aliphatic heterocycles. The highest BCUT2D eigenvalue weighted by molar-refractivity contribution is 7.89. The van der Waals surface area contributed by atoms with Crippen molar-refractivity contribution in [2.24, 2.45) is 11.3 Å². The van der Waals surface area contributed by atoms with Crippen molar-refractivity contribution in [2.75, 3.05) is 6.54 Å². The largest absolute Gasteiger partial charge is 0.392 e.